The van der Waals surface area contributed by atoms with Crippen LogP contribution in [0.1, 0.15) is 21.7 Å². The number of nitriles is 1. The number of nitrogens with zero attached hydrogens (tertiary/aromatic N) is 3. The van der Waals surface area contributed by atoms with Gasteiger partial charge in [0.1, 0.15) is 11.5 Å². The van der Waals surface area contributed by atoms with Crippen molar-refractivity contribution in [3.63, 3.8) is 0 Å². The van der Waals surface area contributed by atoms with Crippen LogP contribution in [0.3, 0.4) is 0 Å². The van der Waals surface area contributed by atoms with Crippen LogP contribution in [0.2, 0.25) is 0 Å². The van der Waals surface area contributed by atoms with Crippen molar-refractivity contribution in [2.75, 3.05) is 0 Å². The van der Waals surface area contributed by atoms with Crippen LogP contribution in [0.25, 0.3) is 17.0 Å². The average Bonchev–Trinajstić information content (AvgIpc) is 3.46. The molecular formula is C23H16N4O2. The summed E-state index contributed by atoms with van der Waals surface area (Å²) in [5.74, 6) is 0.849. The number of aromatic nitrogens is 1. The van der Waals surface area contributed by atoms with E-state index in [1.54, 1.807) is 30.3 Å². The van der Waals surface area contributed by atoms with E-state index in [4.69, 9.17) is 9.68 Å². The molecule has 2 aromatic heterocycles. The third-order valence-corrected chi connectivity index (χ3v) is 4.29. The average molecular weight is 380 g/mol. The summed E-state index contributed by atoms with van der Waals surface area (Å²) in [5, 5.41) is 12.8. The second-order valence-corrected chi connectivity index (χ2v) is 6.23. The molecule has 6 heteroatoms. The van der Waals surface area contributed by atoms with Crippen LogP contribution in [0.5, 0.6) is 0 Å². The van der Waals surface area contributed by atoms with Gasteiger partial charge >= 0.3 is 0 Å². The molecule has 1 amide bonds. The van der Waals surface area contributed by atoms with Crippen molar-refractivity contribution in [2.24, 2.45) is 5.10 Å². The molecule has 2 aromatic carbocycles. The lowest BCUT2D eigenvalue weighted by molar-refractivity contribution is 0.0955. The van der Waals surface area contributed by atoms with Crippen LogP contribution in [0, 0.1) is 11.3 Å². The van der Waals surface area contributed by atoms with E-state index in [1.807, 2.05) is 59.4 Å². The van der Waals surface area contributed by atoms with Crippen molar-refractivity contribution in [1.82, 2.24) is 9.99 Å². The zero-order chi connectivity index (χ0) is 20.1. The Bertz CT molecular complexity index is 1200. The van der Waals surface area contributed by atoms with E-state index >= 15 is 0 Å². The molecule has 0 spiro atoms. The highest BCUT2D eigenvalue weighted by atomic mass is 16.3. The quantitative estimate of drug-likeness (QED) is 0.412. The molecule has 29 heavy (non-hydrogen) atoms. The van der Waals surface area contributed by atoms with E-state index in [-0.39, 0.29) is 5.91 Å². The van der Waals surface area contributed by atoms with Gasteiger partial charge in [-0.05, 0) is 66.7 Å². The maximum atomic E-state index is 12.4. The first-order valence-corrected chi connectivity index (χ1v) is 8.90. The monoisotopic (exact) mass is 380 g/mol. The first kappa shape index (κ1) is 18.0. The third-order valence-electron chi connectivity index (χ3n) is 4.29. The number of carbonyl (C=O) groups is 1. The largest absolute Gasteiger partial charge is 0.455 e. The van der Waals surface area contributed by atoms with Gasteiger partial charge in [-0.3, -0.25) is 4.79 Å². The first-order chi connectivity index (χ1) is 14.2. The van der Waals surface area contributed by atoms with Gasteiger partial charge in [0.05, 0.1) is 17.8 Å². The first-order valence-electron chi connectivity index (χ1n) is 8.90. The fraction of sp³-hybridized carbons (Fsp3) is 0. The summed E-state index contributed by atoms with van der Waals surface area (Å²) in [6, 6.07) is 23.9. The maximum absolute atomic E-state index is 12.4. The number of amides is 1. The lowest BCUT2D eigenvalue weighted by Crippen LogP contribution is -2.17. The fourth-order valence-electron chi connectivity index (χ4n) is 2.82. The molecule has 1 N–H and O–H groups in total. The predicted octanol–water partition coefficient (Wildman–Crippen LogP) is 4.37. The number of hydrazone groups is 1. The zero-order valence-corrected chi connectivity index (χ0v) is 15.3. The summed E-state index contributed by atoms with van der Waals surface area (Å²) in [6.07, 6.45) is 5.27. The minimum Gasteiger partial charge on any atom is -0.455 e. The molecule has 4 aromatic rings. The summed E-state index contributed by atoms with van der Waals surface area (Å²) in [6.45, 7) is 0. The van der Waals surface area contributed by atoms with Gasteiger partial charge in [-0.25, -0.2) is 5.43 Å². The molecule has 0 bridgehead atoms. The molecule has 0 unspecified atom stereocenters. The number of rotatable bonds is 5. The topological polar surface area (TPSA) is 83.3 Å². The van der Waals surface area contributed by atoms with Crippen molar-refractivity contribution >= 4 is 12.1 Å². The molecule has 0 saturated carbocycles. The lowest BCUT2D eigenvalue weighted by Gasteiger charge is -2.05. The van der Waals surface area contributed by atoms with Crippen LogP contribution in [0.15, 0.2) is 94.7 Å². The molecule has 0 fully saturated rings. The van der Waals surface area contributed by atoms with Crippen molar-refractivity contribution in [1.29, 1.82) is 5.26 Å². The molecule has 140 valence electrons. The highest BCUT2D eigenvalue weighted by molar-refractivity contribution is 5.95. The van der Waals surface area contributed by atoms with Gasteiger partial charge in [-0.15, -0.1) is 0 Å². The Labute approximate surface area is 167 Å². The molecule has 2 heterocycles. The SMILES string of the molecule is N#Cc1ccc(-c2ccc(/C=N/NC(=O)c3cccc(-n4cccc4)c3)o2)cc1. The van der Waals surface area contributed by atoms with Crippen molar-refractivity contribution in [3.05, 3.63) is 102 Å². The third kappa shape index (κ3) is 4.15. The van der Waals surface area contributed by atoms with Crippen molar-refractivity contribution in [3.8, 4) is 23.1 Å². The highest BCUT2D eigenvalue weighted by Gasteiger charge is 2.07. The summed E-state index contributed by atoms with van der Waals surface area (Å²) < 4.78 is 7.64. The Morgan fingerprint density at radius 1 is 1.03 bits per heavy atom. The second kappa shape index (κ2) is 8.11. The summed E-state index contributed by atoms with van der Waals surface area (Å²) in [5.41, 5.74) is 5.35. The number of furan rings is 1. The summed E-state index contributed by atoms with van der Waals surface area (Å²) in [4.78, 5) is 12.4. The molecule has 0 aliphatic heterocycles. The Morgan fingerprint density at radius 2 is 1.83 bits per heavy atom. The summed E-state index contributed by atoms with van der Waals surface area (Å²) >= 11 is 0. The lowest BCUT2D eigenvalue weighted by atomic mass is 10.1. The molecule has 6 nitrogen and oxygen atoms in total. The van der Waals surface area contributed by atoms with Gasteiger partial charge < -0.3 is 8.98 Å². The van der Waals surface area contributed by atoms with Gasteiger partial charge in [0.15, 0.2) is 0 Å². The zero-order valence-electron chi connectivity index (χ0n) is 15.3. The van der Waals surface area contributed by atoms with Gasteiger partial charge in [0, 0.05) is 29.2 Å². The molecular weight excluding hydrogens is 364 g/mol. The summed E-state index contributed by atoms with van der Waals surface area (Å²) in [7, 11) is 0. The fourth-order valence-corrected chi connectivity index (χ4v) is 2.82. The van der Waals surface area contributed by atoms with E-state index < -0.39 is 0 Å². The Balaban J connectivity index is 1.41. The number of hydrogen-bond donors (Lipinski definition) is 1. The molecule has 0 atom stereocenters. The normalized spacial score (nSPS) is 10.7. The van der Waals surface area contributed by atoms with E-state index in [0.29, 0.717) is 22.6 Å². The Kier molecular flexibility index (Phi) is 5.04. The smallest absolute Gasteiger partial charge is 0.271 e. The van der Waals surface area contributed by atoms with Crippen LogP contribution < -0.4 is 5.43 Å². The molecule has 4 rings (SSSR count). The van der Waals surface area contributed by atoms with E-state index in [1.165, 1.54) is 6.21 Å². The Morgan fingerprint density at radius 3 is 2.59 bits per heavy atom. The van der Waals surface area contributed by atoms with Gasteiger partial charge in [0.25, 0.3) is 5.91 Å². The van der Waals surface area contributed by atoms with E-state index in [2.05, 4.69) is 16.6 Å². The minimum atomic E-state index is -0.311. The second-order valence-electron chi connectivity index (χ2n) is 6.23. The van der Waals surface area contributed by atoms with Crippen LogP contribution >= 0.6 is 0 Å². The van der Waals surface area contributed by atoms with Crippen LogP contribution in [-0.2, 0) is 0 Å². The van der Waals surface area contributed by atoms with Crippen LogP contribution in [0.4, 0.5) is 0 Å². The van der Waals surface area contributed by atoms with Crippen molar-refractivity contribution in [2.45, 2.75) is 0 Å². The molecule has 0 aliphatic carbocycles. The van der Waals surface area contributed by atoms with Gasteiger partial charge in [-0.1, -0.05) is 6.07 Å². The van der Waals surface area contributed by atoms with E-state index in [9.17, 15) is 4.79 Å². The number of hydrogen-bond acceptors (Lipinski definition) is 4. The number of carbonyl (C=O) groups excluding carboxylic acids is 1. The van der Waals surface area contributed by atoms with Gasteiger partial charge in [0.2, 0.25) is 0 Å². The minimum absolute atomic E-state index is 0.311. The molecule has 0 aliphatic rings. The number of benzene rings is 2. The van der Waals surface area contributed by atoms with E-state index in [0.717, 1.165) is 11.3 Å². The highest BCUT2D eigenvalue weighted by Crippen LogP contribution is 2.21. The molecule has 0 saturated heterocycles. The van der Waals surface area contributed by atoms with Gasteiger partial charge in [-0.2, -0.15) is 10.4 Å². The maximum Gasteiger partial charge on any atom is 0.271 e. The molecule has 0 radical (unpaired) electrons. The standard InChI is InChI=1S/C23H16N4O2/c24-15-17-6-8-18(9-7-17)22-11-10-21(29-22)16-25-26-23(28)19-4-3-5-20(14-19)27-12-1-2-13-27/h1-14,16H,(H,26,28)/b25-16+. The van der Waals surface area contributed by atoms with Crippen LogP contribution in [-0.4, -0.2) is 16.7 Å². The number of nitrogens with one attached hydrogen (secondary N) is 1. The predicted molar refractivity (Wildman–Crippen MR) is 110 cm³/mol. The van der Waals surface area contributed by atoms with Crippen molar-refractivity contribution < 1.29 is 9.21 Å². The Hall–Kier alpha value is -4.37.